The molecule has 0 aromatic carbocycles. The standard InChI is InChI=1S/C11H18BrN3/c1-8(2)15(6-5-12)11-13-9(3)7-10(4)14-11/h7-8H,5-6H2,1-4H3. The quantitative estimate of drug-likeness (QED) is 0.789. The van der Waals surface area contributed by atoms with Gasteiger partial charge >= 0.3 is 0 Å². The normalized spacial score (nSPS) is 10.8. The third kappa shape index (κ3) is 3.45. The Morgan fingerprint density at radius 3 is 2.20 bits per heavy atom. The average Bonchev–Trinajstić information content (AvgIpc) is 2.11. The van der Waals surface area contributed by atoms with Gasteiger partial charge < -0.3 is 4.90 Å². The molecule has 4 heteroatoms. The van der Waals surface area contributed by atoms with Crippen LogP contribution in [0.5, 0.6) is 0 Å². The number of aryl methyl sites for hydroxylation is 2. The van der Waals surface area contributed by atoms with E-state index in [1.165, 1.54) is 0 Å². The summed E-state index contributed by atoms with van der Waals surface area (Å²) in [4.78, 5) is 11.1. The van der Waals surface area contributed by atoms with E-state index in [1.54, 1.807) is 0 Å². The molecule has 0 N–H and O–H groups in total. The highest BCUT2D eigenvalue weighted by Crippen LogP contribution is 2.13. The Hall–Kier alpha value is -0.640. The molecule has 0 aliphatic heterocycles. The number of rotatable bonds is 4. The summed E-state index contributed by atoms with van der Waals surface area (Å²) in [6, 6.07) is 2.42. The molecule has 0 radical (unpaired) electrons. The maximum Gasteiger partial charge on any atom is 0.226 e. The highest BCUT2D eigenvalue weighted by atomic mass is 79.9. The molecule has 0 aliphatic carbocycles. The zero-order valence-electron chi connectivity index (χ0n) is 9.79. The van der Waals surface area contributed by atoms with Crippen molar-refractivity contribution >= 4 is 21.9 Å². The first-order chi connectivity index (χ1) is 7.04. The Bertz CT molecular complexity index is 305. The molecule has 0 bridgehead atoms. The Morgan fingerprint density at radius 2 is 1.80 bits per heavy atom. The lowest BCUT2D eigenvalue weighted by atomic mass is 10.3. The van der Waals surface area contributed by atoms with E-state index in [1.807, 2.05) is 19.9 Å². The van der Waals surface area contributed by atoms with Crippen LogP contribution in [0.4, 0.5) is 5.95 Å². The molecule has 1 heterocycles. The van der Waals surface area contributed by atoms with Crippen LogP contribution in [0.2, 0.25) is 0 Å². The van der Waals surface area contributed by atoms with Crippen molar-refractivity contribution in [2.24, 2.45) is 0 Å². The monoisotopic (exact) mass is 271 g/mol. The number of hydrogen-bond acceptors (Lipinski definition) is 3. The molecular weight excluding hydrogens is 254 g/mol. The molecule has 0 atom stereocenters. The van der Waals surface area contributed by atoms with Crippen LogP contribution in [0.3, 0.4) is 0 Å². The van der Waals surface area contributed by atoms with Crippen LogP contribution in [-0.2, 0) is 0 Å². The molecule has 1 rings (SSSR count). The van der Waals surface area contributed by atoms with Gasteiger partial charge in [-0.25, -0.2) is 9.97 Å². The summed E-state index contributed by atoms with van der Waals surface area (Å²) in [6.45, 7) is 9.25. The number of nitrogens with zero attached hydrogens (tertiary/aromatic N) is 3. The second-order valence-corrected chi connectivity index (χ2v) is 4.72. The predicted molar refractivity (Wildman–Crippen MR) is 67.8 cm³/mol. The smallest absolute Gasteiger partial charge is 0.226 e. The Kier molecular flexibility index (Phi) is 4.51. The summed E-state index contributed by atoms with van der Waals surface area (Å²) >= 11 is 3.46. The second kappa shape index (κ2) is 5.45. The van der Waals surface area contributed by atoms with Gasteiger partial charge in [0.05, 0.1) is 0 Å². The van der Waals surface area contributed by atoms with E-state index < -0.39 is 0 Å². The van der Waals surface area contributed by atoms with Gasteiger partial charge in [0.2, 0.25) is 5.95 Å². The zero-order chi connectivity index (χ0) is 11.4. The number of hydrogen-bond donors (Lipinski definition) is 0. The third-order valence-electron chi connectivity index (χ3n) is 2.18. The van der Waals surface area contributed by atoms with Crippen molar-refractivity contribution in [1.82, 2.24) is 9.97 Å². The second-order valence-electron chi connectivity index (χ2n) is 3.93. The van der Waals surface area contributed by atoms with Gasteiger partial charge in [-0.3, -0.25) is 0 Å². The lowest BCUT2D eigenvalue weighted by Crippen LogP contribution is -2.34. The maximum atomic E-state index is 4.47. The van der Waals surface area contributed by atoms with Gasteiger partial charge in [0.25, 0.3) is 0 Å². The van der Waals surface area contributed by atoms with Gasteiger partial charge in [0, 0.05) is 29.3 Å². The van der Waals surface area contributed by atoms with Crippen LogP contribution >= 0.6 is 15.9 Å². The predicted octanol–water partition coefficient (Wildman–Crippen LogP) is 2.70. The third-order valence-corrected chi connectivity index (χ3v) is 2.53. The molecule has 0 fully saturated rings. The van der Waals surface area contributed by atoms with Gasteiger partial charge in [0.1, 0.15) is 0 Å². The first-order valence-electron chi connectivity index (χ1n) is 5.19. The highest BCUT2D eigenvalue weighted by molar-refractivity contribution is 9.09. The van der Waals surface area contributed by atoms with E-state index >= 15 is 0 Å². The molecule has 3 nitrogen and oxygen atoms in total. The summed E-state index contributed by atoms with van der Waals surface area (Å²) in [5.74, 6) is 0.835. The number of aromatic nitrogens is 2. The van der Waals surface area contributed by atoms with Crippen molar-refractivity contribution in [2.75, 3.05) is 16.8 Å². The molecule has 0 amide bonds. The summed E-state index contributed by atoms with van der Waals surface area (Å²) < 4.78 is 0. The zero-order valence-corrected chi connectivity index (χ0v) is 11.4. The van der Waals surface area contributed by atoms with Gasteiger partial charge in [0.15, 0.2) is 0 Å². The lowest BCUT2D eigenvalue weighted by molar-refractivity contribution is 0.681. The van der Waals surface area contributed by atoms with Crippen molar-refractivity contribution in [3.8, 4) is 0 Å². The molecule has 0 unspecified atom stereocenters. The lowest BCUT2D eigenvalue weighted by Gasteiger charge is -2.26. The average molecular weight is 272 g/mol. The first-order valence-corrected chi connectivity index (χ1v) is 6.31. The minimum atomic E-state index is 0.420. The molecule has 1 aromatic heterocycles. The number of halogens is 1. The molecule has 0 aliphatic rings. The number of anilines is 1. The summed E-state index contributed by atoms with van der Waals surface area (Å²) in [5, 5.41) is 0.932. The van der Waals surface area contributed by atoms with Crippen LogP contribution in [0.15, 0.2) is 6.07 Å². The SMILES string of the molecule is Cc1cc(C)nc(N(CCBr)C(C)C)n1. The minimum absolute atomic E-state index is 0.420. The van der Waals surface area contributed by atoms with E-state index in [4.69, 9.17) is 0 Å². The molecule has 0 saturated heterocycles. The van der Waals surface area contributed by atoms with Crippen LogP contribution < -0.4 is 4.90 Å². The Labute approximate surface area is 100 Å². The molecule has 0 saturated carbocycles. The van der Waals surface area contributed by atoms with Crippen LogP contribution in [0, 0.1) is 13.8 Å². The molecule has 1 aromatic rings. The van der Waals surface area contributed by atoms with Crippen molar-refractivity contribution in [2.45, 2.75) is 33.7 Å². The molecule has 84 valence electrons. The Balaban J connectivity index is 2.99. The highest BCUT2D eigenvalue weighted by Gasteiger charge is 2.13. The van der Waals surface area contributed by atoms with Gasteiger partial charge in [-0.05, 0) is 33.8 Å². The summed E-state index contributed by atoms with van der Waals surface area (Å²) in [5.41, 5.74) is 2.05. The Morgan fingerprint density at radius 1 is 1.27 bits per heavy atom. The topological polar surface area (TPSA) is 29.0 Å². The van der Waals surface area contributed by atoms with Crippen molar-refractivity contribution in [3.63, 3.8) is 0 Å². The van der Waals surface area contributed by atoms with E-state index in [-0.39, 0.29) is 0 Å². The largest absolute Gasteiger partial charge is 0.338 e. The molecular formula is C11H18BrN3. The van der Waals surface area contributed by atoms with Gasteiger partial charge in [-0.15, -0.1) is 0 Å². The van der Waals surface area contributed by atoms with E-state index in [2.05, 4.69) is 44.6 Å². The number of alkyl halides is 1. The summed E-state index contributed by atoms with van der Waals surface area (Å²) in [6.07, 6.45) is 0. The fraction of sp³-hybridized carbons (Fsp3) is 0.636. The maximum absolute atomic E-state index is 4.47. The van der Waals surface area contributed by atoms with Crippen molar-refractivity contribution in [3.05, 3.63) is 17.5 Å². The van der Waals surface area contributed by atoms with Crippen LogP contribution in [0.1, 0.15) is 25.2 Å². The summed E-state index contributed by atoms with van der Waals surface area (Å²) in [7, 11) is 0. The van der Waals surface area contributed by atoms with Crippen molar-refractivity contribution < 1.29 is 0 Å². The fourth-order valence-corrected chi connectivity index (χ4v) is 1.90. The van der Waals surface area contributed by atoms with E-state index in [9.17, 15) is 0 Å². The molecule has 15 heavy (non-hydrogen) atoms. The van der Waals surface area contributed by atoms with Gasteiger partial charge in [-0.1, -0.05) is 15.9 Å². The fourth-order valence-electron chi connectivity index (χ4n) is 1.52. The minimum Gasteiger partial charge on any atom is -0.338 e. The van der Waals surface area contributed by atoms with E-state index in [0.29, 0.717) is 6.04 Å². The first kappa shape index (κ1) is 12.4. The van der Waals surface area contributed by atoms with Crippen LogP contribution in [0.25, 0.3) is 0 Å². The van der Waals surface area contributed by atoms with Crippen LogP contribution in [-0.4, -0.2) is 27.9 Å². The van der Waals surface area contributed by atoms with Crippen molar-refractivity contribution in [1.29, 1.82) is 0 Å². The molecule has 0 spiro atoms. The van der Waals surface area contributed by atoms with E-state index in [0.717, 1.165) is 29.2 Å². The van der Waals surface area contributed by atoms with Gasteiger partial charge in [-0.2, -0.15) is 0 Å².